The van der Waals surface area contributed by atoms with Gasteiger partial charge in [-0.25, -0.2) is 18.0 Å². The number of phenols is 1. The zero-order valence-electron chi connectivity index (χ0n) is 34.6. The molecule has 62 heavy (non-hydrogen) atoms. The van der Waals surface area contributed by atoms with E-state index in [4.69, 9.17) is 5.73 Å². The molecule has 16 heteroatoms. The summed E-state index contributed by atoms with van der Waals surface area (Å²) in [6, 6.07) is 20.4. The fourth-order valence-corrected chi connectivity index (χ4v) is 9.70. The summed E-state index contributed by atoms with van der Waals surface area (Å²) in [7, 11) is 0. The molecule has 3 aromatic carbocycles. The summed E-state index contributed by atoms with van der Waals surface area (Å²) >= 11 is 0. The van der Waals surface area contributed by atoms with Crippen LogP contribution < -0.4 is 20.9 Å². The van der Waals surface area contributed by atoms with Gasteiger partial charge in [0.25, 0.3) is 11.8 Å². The smallest absolute Gasteiger partial charge is 0.328 e. The van der Waals surface area contributed by atoms with Gasteiger partial charge >= 0.3 is 6.03 Å². The lowest BCUT2D eigenvalue weighted by Gasteiger charge is -2.41. The van der Waals surface area contributed by atoms with Gasteiger partial charge in [0.05, 0.1) is 17.3 Å². The number of aryl methyl sites for hydroxylation is 1. The van der Waals surface area contributed by atoms with Crippen LogP contribution in [0.5, 0.6) is 5.75 Å². The first-order valence-corrected chi connectivity index (χ1v) is 21.3. The quantitative estimate of drug-likeness (QED) is 0.149. The van der Waals surface area contributed by atoms with E-state index in [9.17, 15) is 19.5 Å². The van der Waals surface area contributed by atoms with Crippen LogP contribution in [0.3, 0.4) is 0 Å². The number of amides is 4. The predicted molar refractivity (Wildman–Crippen MR) is 230 cm³/mol. The number of carbonyl (C=O) groups excluding carboxylic acids is 3. The summed E-state index contributed by atoms with van der Waals surface area (Å²) in [4.78, 5) is 44.9. The van der Waals surface area contributed by atoms with Gasteiger partial charge < -0.3 is 30.1 Å². The molecule has 0 aliphatic carbocycles. The molecule has 4 saturated heterocycles. The summed E-state index contributed by atoms with van der Waals surface area (Å²) in [5.41, 5.74) is 9.72. The van der Waals surface area contributed by atoms with Gasteiger partial charge in [-0.3, -0.25) is 19.8 Å². The minimum atomic E-state index is -3.01. The second kappa shape index (κ2) is 16.3. The van der Waals surface area contributed by atoms with E-state index in [-0.39, 0.29) is 74.9 Å². The maximum atomic E-state index is 16.4. The number of nitrogens with two attached hydrogens (primary N) is 1. The van der Waals surface area contributed by atoms with Gasteiger partial charge in [-0.05, 0) is 79.4 Å². The number of alkyl halides is 3. The number of nitrogens with zero attached hydrogens (tertiary/aromatic N) is 7. The molecule has 0 radical (unpaired) electrons. The largest absolute Gasteiger partial charge is 0.507 e. The molecule has 0 saturated carbocycles. The van der Waals surface area contributed by atoms with Crippen molar-refractivity contribution in [1.82, 2.24) is 29.9 Å². The number of imide groups is 1. The van der Waals surface area contributed by atoms with Gasteiger partial charge in [0.1, 0.15) is 11.4 Å². The van der Waals surface area contributed by atoms with Gasteiger partial charge in [0.2, 0.25) is 5.91 Å². The van der Waals surface area contributed by atoms with E-state index < -0.39 is 30.0 Å². The molecule has 4 amide bonds. The average Bonchev–Trinajstić information content (AvgIpc) is 3.59. The van der Waals surface area contributed by atoms with Gasteiger partial charge in [-0.1, -0.05) is 24.3 Å². The number of fused-ring (bicyclic) bond motifs is 1. The molecule has 0 spiro atoms. The minimum absolute atomic E-state index is 0.0139. The van der Waals surface area contributed by atoms with E-state index >= 15 is 13.2 Å². The summed E-state index contributed by atoms with van der Waals surface area (Å²) in [6.45, 7) is 4.71. The van der Waals surface area contributed by atoms with E-state index in [1.807, 2.05) is 18.2 Å². The lowest BCUT2D eigenvalue weighted by atomic mass is 9.86. The molecule has 0 unspecified atom stereocenters. The Hall–Kier alpha value is -6.16. The number of piperidine rings is 3. The van der Waals surface area contributed by atoms with Gasteiger partial charge in [0.15, 0.2) is 5.82 Å². The van der Waals surface area contributed by atoms with Gasteiger partial charge in [-0.2, -0.15) is 0 Å². The van der Waals surface area contributed by atoms with Crippen molar-refractivity contribution < 1.29 is 32.7 Å². The molecule has 2 aromatic heterocycles. The second-order valence-corrected chi connectivity index (χ2v) is 17.3. The molecule has 4 N–H and O–H groups in total. The predicted octanol–water partition coefficient (Wildman–Crippen LogP) is 7.05. The monoisotopic (exact) mass is 849 g/mol. The minimum Gasteiger partial charge on any atom is -0.507 e. The number of likely N-dealkylation sites (tertiary alicyclic amines) is 2. The average molecular weight is 850 g/mol. The third kappa shape index (κ3) is 8.03. The van der Waals surface area contributed by atoms with Crippen molar-refractivity contribution >= 4 is 45.9 Å². The summed E-state index contributed by atoms with van der Waals surface area (Å²) in [5.74, 6) is -4.60. The van der Waals surface area contributed by atoms with Crippen molar-refractivity contribution in [2.45, 2.75) is 69.0 Å². The summed E-state index contributed by atoms with van der Waals surface area (Å²) < 4.78 is 49.7. The number of phenolic OH excluding ortho intramolecular Hbond substituents is 1. The maximum absolute atomic E-state index is 16.4. The number of nitrogen functional groups attached to an aromatic ring is 1. The van der Waals surface area contributed by atoms with Crippen molar-refractivity contribution in [2.24, 2.45) is 0 Å². The molecule has 13 nitrogen and oxygen atoms in total. The Kier molecular flexibility index (Phi) is 10.8. The second-order valence-electron chi connectivity index (χ2n) is 17.3. The van der Waals surface area contributed by atoms with Crippen molar-refractivity contribution in [3.63, 3.8) is 0 Å². The zero-order valence-corrected chi connectivity index (χ0v) is 34.6. The molecular weight excluding hydrogens is 800 g/mol. The third-order valence-corrected chi connectivity index (χ3v) is 13.3. The number of hydrogen-bond acceptors (Lipinski definition) is 9. The number of anilines is 3. The highest BCUT2D eigenvalue weighted by Gasteiger charge is 2.46. The summed E-state index contributed by atoms with van der Waals surface area (Å²) in [5, 5.41) is 22.0. The standard InChI is InChI=1S/C46H50F3N9O4/c1-29-26-58(38-11-10-33(24-35(29)38)57-20-14-41(60)51-44(57)62)32-12-18-54(19-13-32)28-45(47)15-21-55(22-16-45)43(61)31-8-6-30(7-9-31)36-27-56(23-17-46(36,48)49)39-25-37(52-53-42(39)50)34-4-2-3-5-40(34)59/h2-11,24-26,32,36,59H,12-23,27-28H2,1H3,(H2,50,53)(H,51,60,62)/t36-/m0/s1. The number of hydrogen-bond donors (Lipinski definition) is 3. The van der Waals surface area contributed by atoms with Crippen molar-refractivity contribution in [1.29, 1.82) is 0 Å². The van der Waals surface area contributed by atoms with E-state index in [0.717, 1.165) is 48.1 Å². The van der Waals surface area contributed by atoms with Crippen LogP contribution >= 0.6 is 0 Å². The molecule has 4 aliphatic heterocycles. The normalized spacial score (nSPS) is 21.0. The number of carbonyl (C=O) groups is 3. The van der Waals surface area contributed by atoms with E-state index in [2.05, 4.69) is 38.1 Å². The molecule has 1 atom stereocenters. The number of aromatic nitrogens is 3. The first-order chi connectivity index (χ1) is 29.7. The van der Waals surface area contributed by atoms with Crippen LogP contribution in [0, 0.1) is 6.92 Å². The lowest BCUT2D eigenvalue weighted by Crippen LogP contribution is -2.51. The first kappa shape index (κ1) is 41.2. The highest BCUT2D eigenvalue weighted by molar-refractivity contribution is 6.06. The molecule has 4 fully saturated rings. The number of rotatable bonds is 8. The molecule has 5 aromatic rings. The number of nitrogens with one attached hydrogen (secondary N) is 1. The SMILES string of the molecule is Cc1cn(C2CCN(CC3(F)CCN(C(=O)c4ccc([C@@H]5CN(c6cc(-c7ccccc7O)nnc6N)CCC5(F)F)cc4)CC3)CC2)c2ccc(N3CCC(=O)NC3=O)cc12. The van der Waals surface area contributed by atoms with Crippen LogP contribution in [-0.2, 0) is 4.79 Å². The Labute approximate surface area is 357 Å². The fraction of sp³-hybridized carbons (Fsp3) is 0.413. The number of urea groups is 1. The van der Waals surface area contributed by atoms with Gasteiger partial charge in [0, 0.05) is 118 Å². The molecule has 6 heterocycles. The third-order valence-electron chi connectivity index (χ3n) is 13.3. The molecule has 324 valence electrons. The van der Waals surface area contributed by atoms with Crippen molar-refractivity contribution in [3.05, 3.63) is 95.7 Å². The molecule has 4 aliphatic rings. The van der Waals surface area contributed by atoms with Crippen LogP contribution in [0.15, 0.2) is 79.0 Å². The zero-order chi connectivity index (χ0) is 43.3. The van der Waals surface area contributed by atoms with Crippen LogP contribution in [0.2, 0.25) is 0 Å². The van der Waals surface area contributed by atoms with Crippen LogP contribution in [0.25, 0.3) is 22.2 Å². The number of halogens is 3. The Morgan fingerprint density at radius 3 is 2.37 bits per heavy atom. The van der Waals surface area contributed by atoms with E-state index in [1.165, 1.54) is 6.07 Å². The highest BCUT2D eigenvalue weighted by atomic mass is 19.3. The Balaban J connectivity index is 0.787. The number of aromatic hydroxyl groups is 1. The first-order valence-electron chi connectivity index (χ1n) is 21.3. The Morgan fingerprint density at radius 1 is 0.903 bits per heavy atom. The maximum Gasteiger partial charge on any atom is 0.328 e. The fourth-order valence-electron chi connectivity index (χ4n) is 9.70. The lowest BCUT2D eigenvalue weighted by molar-refractivity contribution is -0.120. The number of para-hydroxylation sites is 1. The molecular formula is C46H50F3N9O4. The van der Waals surface area contributed by atoms with Crippen LogP contribution in [0.1, 0.15) is 72.0 Å². The van der Waals surface area contributed by atoms with E-state index in [1.54, 1.807) is 63.2 Å². The number of benzene rings is 3. The summed E-state index contributed by atoms with van der Waals surface area (Å²) in [6.07, 6.45) is 4.15. The highest BCUT2D eigenvalue weighted by Crippen LogP contribution is 2.43. The van der Waals surface area contributed by atoms with E-state index in [0.29, 0.717) is 41.2 Å². The van der Waals surface area contributed by atoms with Crippen molar-refractivity contribution in [2.75, 3.05) is 67.9 Å². The Morgan fingerprint density at radius 2 is 1.65 bits per heavy atom. The molecule has 9 rings (SSSR count). The van der Waals surface area contributed by atoms with Gasteiger partial charge in [-0.15, -0.1) is 10.2 Å². The van der Waals surface area contributed by atoms with Crippen LogP contribution in [0.4, 0.5) is 35.2 Å². The van der Waals surface area contributed by atoms with Crippen molar-refractivity contribution in [3.8, 4) is 17.0 Å². The topological polar surface area (TPSA) is 153 Å². The van der Waals surface area contributed by atoms with Crippen LogP contribution in [-0.4, -0.2) is 111 Å². The molecule has 0 bridgehead atoms. The Bertz CT molecular complexity index is 2520.